The van der Waals surface area contributed by atoms with Crippen molar-refractivity contribution in [3.05, 3.63) is 29.3 Å². The van der Waals surface area contributed by atoms with Crippen molar-refractivity contribution in [3.63, 3.8) is 0 Å². The Morgan fingerprint density at radius 1 is 1.14 bits per heavy atom. The van der Waals surface area contributed by atoms with E-state index < -0.39 is 9.84 Å². The standard InChI is InChI=1S/C21H30N2O3S2/c1-5-14(6-2)20(24)22-21-23(17-12-28(25,26)13-18(17)27-21)19-15(7-3)10-9-11-16(19)8-4/h9-11,14,17-18H,5-8,12-13H2,1-4H3/t17-,18+/m1/s1. The predicted molar refractivity (Wildman–Crippen MR) is 118 cm³/mol. The van der Waals surface area contributed by atoms with Gasteiger partial charge in [-0.2, -0.15) is 4.99 Å². The predicted octanol–water partition coefficient (Wildman–Crippen LogP) is 3.85. The lowest BCUT2D eigenvalue weighted by Crippen LogP contribution is -2.39. The third-order valence-corrected chi connectivity index (χ3v) is 9.02. The number of fused-ring (bicyclic) bond motifs is 1. The number of hydrogen-bond acceptors (Lipinski definition) is 4. The second-order valence-corrected chi connectivity index (χ2v) is 10.9. The molecule has 5 nitrogen and oxygen atoms in total. The summed E-state index contributed by atoms with van der Waals surface area (Å²) in [6.45, 7) is 8.23. The van der Waals surface area contributed by atoms with Crippen LogP contribution < -0.4 is 4.90 Å². The molecule has 2 aliphatic heterocycles. The number of amides is 1. The molecule has 0 aliphatic carbocycles. The highest BCUT2D eigenvalue weighted by Gasteiger charge is 2.50. The van der Waals surface area contributed by atoms with E-state index in [1.165, 1.54) is 22.9 Å². The van der Waals surface area contributed by atoms with Crippen LogP contribution in [-0.2, 0) is 27.5 Å². The highest BCUT2D eigenvalue weighted by molar-refractivity contribution is 8.16. The molecule has 1 amide bonds. The highest BCUT2D eigenvalue weighted by Crippen LogP contribution is 2.43. The Kier molecular flexibility index (Phi) is 6.54. The molecule has 2 aliphatic rings. The molecule has 0 N–H and O–H groups in total. The molecule has 0 aromatic heterocycles. The van der Waals surface area contributed by atoms with Crippen molar-refractivity contribution in [2.75, 3.05) is 16.4 Å². The average Bonchev–Trinajstić information content (AvgIpc) is 3.12. The van der Waals surface area contributed by atoms with Gasteiger partial charge in [0.25, 0.3) is 5.91 Å². The summed E-state index contributed by atoms with van der Waals surface area (Å²) in [7, 11) is -3.07. The molecular weight excluding hydrogens is 392 g/mol. The Balaban J connectivity index is 2.11. The number of nitrogens with zero attached hydrogens (tertiary/aromatic N) is 2. The molecule has 0 unspecified atom stereocenters. The molecule has 0 spiro atoms. The second kappa shape index (κ2) is 8.57. The number of anilines is 1. The summed E-state index contributed by atoms with van der Waals surface area (Å²) in [5.74, 6) is 0.121. The molecule has 3 rings (SSSR count). The van der Waals surface area contributed by atoms with E-state index in [0.29, 0.717) is 5.17 Å². The molecule has 0 radical (unpaired) electrons. The molecule has 1 aromatic carbocycles. The molecule has 2 heterocycles. The van der Waals surface area contributed by atoms with Gasteiger partial charge in [-0.3, -0.25) is 4.79 Å². The normalized spacial score (nSPS) is 24.9. The fourth-order valence-corrected chi connectivity index (χ4v) is 8.08. The van der Waals surface area contributed by atoms with E-state index >= 15 is 0 Å². The summed E-state index contributed by atoms with van der Waals surface area (Å²) in [6.07, 6.45) is 3.23. The van der Waals surface area contributed by atoms with E-state index in [1.807, 2.05) is 13.8 Å². The van der Waals surface area contributed by atoms with Gasteiger partial charge in [0, 0.05) is 16.9 Å². The average molecular weight is 423 g/mol. The third kappa shape index (κ3) is 4.01. The molecule has 2 atom stereocenters. The molecule has 2 fully saturated rings. The van der Waals surface area contributed by atoms with Crippen molar-refractivity contribution < 1.29 is 13.2 Å². The van der Waals surface area contributed by atoms with Crippen LogP contribution in [0.15, 0.2) is 23.2 Å². The fourth-order valence-electron chi connectivity index (χ4n) is 4.17. The maximum atomic E-state index is 12.7. The maximum Gasteiger partial charge on any atom is 0.251 e. The van der Waals surface area contributed by atoms with Crippen LogP contribution in [0.5, 0.6) is 0 Å². The van der Waals surface area contributed by atoms with Crippen LogP contribution in [-0.4, -0.2) is 42.3 Å². The van der Waals surface area contributed by atoms with E-state index in [-0.39, 0.29) is 34.6 Å². The van der Waals surface area contributed by atoms with Gasteiger partial charge in [0.2, 0.25) is 0 Å². The summed E-state index contributed by atoms with van der Waals surface area (Å²) in [4.78, 5) is 19.4. The lowest BCUT2D eigenvalue weighted by atomic mass is 10.0. The van der Waals surface area contributed by atoms with Crippen LogP contribution in [0.4, 0.5) is 5.69 Å². The molecule has 0 bridgehead atoms. The first-order valence-corrected chi connectivity index (χ1v) is 12.9. The van der Waals surface area contributed by atoms with Crippen molar-refractivity contribution in [2.24, 2.45) is 10.9 Å². The first kappa shape index (κ1) is 21.4. The minimum absolute atomic E-state index is 0.0622. The molecule has 7 heteroatoms. The van der Waals surface area contributed by atoms with Crippen LogP contribution in [0.25, 0.3) is 0 Å². The number of rotatable bonds is 6. The monoisotopic (exact) mass is 422 g/mol. The SMILES string of the molecule is CCc1cccc(CC)c1N1C(=NC(=O)C(CC)CC)S[C@H]2CS(=O)(=O)C[C@H]21. The lowest BCUT2D eigenvalue weighted by molar-refractivity contribution is -0.121. The second-order valence-electron chi connectivity index (χ2n) is 7.55. The van der Waals surface area contributed by atoms with Crippen molar-refractivity contribution in [1.82, 2.24) is 0 Å². The smallest absolute Gasteiger partial charge is 0.251 e. The highest BCUT2D eigenvalue weighted by atomic mass is 32.2. The number of aliphatic imine (C=N–C) groups is 1. The lowest BCUT2D eigenvalue weighted by Gasteiger charge is -2.29. The van der Waals surface area contributed by atoms with Crippen LogP contribution in [0.1, 0.15) is 51.7 Å². The number of aryl methyl sites for hydroxylation is 2. The van der Waals surface area contributed by atoms with Gasteiger partial charge in [-0.1, -0.05) is 57.7 Å². The Labute approximate surface area is 172 Å². The van der Waals surface area contributed by atoms with Crippen LogP contribution in [0, 0.1) is 5.92 Å². The number of amidine groups is 1. The number of hydrogen-bond donors (Lipinski definition) is 0. The van der Waals surface area contributed by atoms with Gasteiger partial charge in [-0.05, 0) is 36.8 Å². The van der Waals surface area contributed by atoms with Crippen LogP contribution >= 0.6 is 11.8 Å². The first-order valence-electron chi connectivity index (χ1n) is 10.2. The van der Waals surface area contributed by atoms with E-state index in [0.717, 1.165) is 31.4 Å². The van der Waals surface area contributed by atoms with Gasteiger partial charge in [-0.25, -0.2) is 8.42 Å². The molecule has 1 aromatic rings. The summed E-state index contributed by atoms with van der Waals surface area (Å²) in [6, 6.07) is 6.09. The number of sulfone groups is 1. The maximum absolute atomic E-state index is 12.7. The Hall–Kier alpha value is -1.34. The fraction of sp³-hybridized carbons (Fsp3) is 0.619. The van der Waals surface area contributed by atoms with Crippen molar-refractivity contribution in [1.29, 1.82) is 0 Å². The van der Waals surface area contributed by atoms with Crippen LogP contribution in [0.3, 0.4) is 0 Å². The number of carbonyl (C=O) groups excluding carboxylic acids is 1. The summed E-state index contributed by atoms with van der Waals surface area (Å²) in [5.41, 5.74) is 3.40. The largest absolute Gasteiger partial charge is 0.315 e. The molecule has 2 saturated heterocycles. The Bertz CT molecular complexity index is 853. The van der Waals surface area contributed by atoms with E-state index in [2.05, 4.69) is 41.9 Å². The van der Waals surface area contributed by atoms with E-state index in [9.17, 15) is 13.2 Å². The zero-order valence-corrected chi connectivity index (χ0v) is 18.8. The van der Waals surface area contributed by atoms with Gasteiger partial charge >= 0.3 is 0 Å². The molecule has 0 saturated carbocycles. The quantitative estimate of drug-likeness (QED) is 0.697. The van der Waals surface area contributed by atoms with Crippen LogP contribution in [0.2, 0.25) is 0 Å². The minimum Gasteiger partial charge on any atom is -0.315 e. The van der Waals surface area contributed by atoms with Crippen molar-refractivity contribution in [3.8, 4) is 0 Å². The molecule has 28 heavy (non-hydrogen) atoms. The topological polar surface area (TPSA) is 66.8 Å². The number of benzene rings is 1. The van der Waals surface area contributed by atoms with E-state index in [1.54, 1.807) is 0 Å². The Morgan fingerprint density at radius 3 is 2.29 bits per heavy atom. The summed E-state index contributed by atoms with van der Waals surface area (Å²) < 4.78 is 24.6. The molecule has 154 valence electrons. The third-order valence-electron chi connectivity index (χ3n) is 5.81. The van der Waals surface area contributed by atoms with Crippen molar-refractivity contribution in [2.45, 2.75) is 64.7 Å². The molecular formula is C21H30N2O3S2. The van der Waals surface area contributed by atoms with Gasteiger partial charge in [-0.15, -0.1) is 0 Å². The van der Waals surface area contributed by atoms with Gasteiger partial charge in [0.05, 0.1) is 17.5 Å². The van der Waals surface area contributed by atoms with Gasteiger partial charge in [0.15, 0.2) is 15.0 Å². The number of para-hydroxylation sites is 1. The zero-order chi connectivity index (χ0) is 20.5. The van der Waals surface area contributed by atoms with E-state index in [4.69, 9.17) is 0 Å². The first-order chi connectivity index (χ1) is 13.3. The Morgan fingerprint density at radius 2 is 1.75 bits per heavy atom. The van der Waals surface area contributed by atoms with Gasteiger partial charge in [0.1, 0.15) is 0 Å². The summed E-state index contributed by atoms with van der Waals surface area (Å²) in [5, 5.41) is 0.616. The van der Waals surface area contributed by atoms with Crippen molar-refractivity contribution >= 4 is 38.4 Å². The van der Waals surface area contributed by atoms with Gasteiger partial charge < -0.3 is 4.90 Å². The zero-order valence-electron chi connectivity index (χ0n) is 17.1. The number of carbonyl (C=O) groups is 1. The number of thioether (sulfide) groups is 1. The summed E-state index contributed by atoms with van der Waals surface area (Å²) >= 11 is 1.47. The minimum atomic E-state index is -3.07.